The minimum absolute atomic E-state index is 0. The Morgan fingerprint density at radius 2 is 0.481 bits per heavy atom. The van der Waals surface area contributed by atoms with Crippen molar-refractivity contribution in [2.45, 2.75) is 211 Å². The second-order valence-electron chi connectivity index (χ2n) is 30.8. The third kappa shape index (κ3) is 36.6. The van der Waals surface area contributed by atoms with Crippen LogP contribution in [0.1, 0.15) is 228 Å². The van der Waals surface area contributed by atoms with E-state index in [-0.39, 0.29) is 34.1 Å². The fourth-order valence-electron chi connectivity index (χ4n) is 14.4. The van der Waals surface area contributed by atoms with Gasteiger partial charge in [-0.1, -0.05) is 181 Å². The van der Waals surface area contributed by atoms with E-state index in [0.29, 0.717) is 98.2 Å². The van der Waals surface area contributed by atoms with Gasteiger partial charge in [-0.15, -0.1) is 0 Å². The van der Waals surface area contributed by atoms with Crippen molar-refractivity contribution in [2.75, 3.05) is 0 Å². The minimum atomic E-state index is -10.7. The predicted molar refractivity (Wildman–Crippen MR) is 401 cm³/mol. The van der Waals surface area contributed by atoms with Gasteiger partial charge in [-0.05, 0) is 219 Å². The van der Waals surface area contributed by atoms with E-state index in [0.717, 1.165) is 117 Å². The average Bonchev–Trinajstić information content (AvgIpc) is 0.814. The molecular formula is C84H104Cu2F12N4O4P2. The van der Waals surface area contributed by atoms with E-state index in [2.05, 4.69) is 130 Å². The molecule has 0 radical (unpaired) electrons. The molecule has 6 aromatic rings. The molecule has 108 heavy (non-hydrogen) atoms. The number of ether oxygens (including phenoxy) is 4. The molecule has 4 heterocycles. The van der Waals surface area contributed by atoms with Gasteiger partial charge in [0.25, 0.3) is 0 Å². The molecule has 4 aliphatic rings. The maximum atomic E-state index is 9.87. The summed E-state index contributed by atoms with van der Waals surface area (Å²) < 4.78 is 144. The summed E-state index contributed by atoms with van der Waals surface area (Å²) in [6, 6.07) is 40.1. The first-order valence-corrected chi connectivity index (χ1v) is 41.1. The Labute approximate surface area is 653 Å². The van der Waals surface area contributed by atoms with Gasteiger partial charge in [0.15, 0.2) is 0 Å². The number of aromatic nitrogens is 4. The first kappa shape index (κ1) is 92.8. The van der Waals surface area contributed by atoms with Gasteiger partial charge in [0.1, 0.15) is 22.8 Å². The van der Waals surface area contributed by atoms with Gasteiger partial charge >= 0.3 is 100 Å². The molecular weight excluding hydrogens is 1550 g/mol. The Morgan fingerprint density at radius 3 is 0.657 bits per heavy atom. The Kier molecular flexibility index (Phi) is 34.0. The zero-order valence-electron chi connectivity index (χ0n) is 63.6. The molecule has 10 rings (SSSR count). The third-order valence-electron chi connectivity index (χ3n) is 20.0. The summed E-state index contributed by atoms with van der Waals surface area (Å²) in [5.74, 6) is 34.2. The van der Waals surface area contributed by atoms with Crippen molar-refractivity contribution in [2.24, 2.45) is 71.0 Å². The van der Waals surface area contributed by atoms with E-state index in [1.807, 2.05) is 121 Å². The molecule has 600 valence electrons. The summed E-state index contributed by atoms with van der Waals surface area (Å²) >= 11 is 0. The molecule has 2 aromatic carbocycles. The topological polar surface area (TPSA) is 88.5 Å². The molecule has 4 saturated carbocycles. The van der Waals surface area contributed by atoms with E-state index in [9.17, 15) is 50.4 Å². The molecule has 4 fully saturated rings. The van der Waals surface area contributed by atoms with Gasteiger partial charge in [0.2, 0.25) is 0 Å². The number of rotatable bonds is 16. The Morgan fingerprint density at radius 1 is 0.296 bits per heavy atom. The van der Waals surface area contributed by atoms with Crippen LogP contribution in [0.4, 0.5) is 50.4 Å². The molecule has 4 aromatic heterocycles. The van der Waals surface area contributed by atoms with Crippen molar-refractivity contribution < 1.29 is 103 Å². The van der Waals surface area contributed by atoms with Crippen LogP contribution in [0.3, 0.4) is 0 Å². The Bertz CT molecular complexity index is 3610. The first-order valence-electron chi connectivity index (χ1n) is 37.1. The molecule has 0 saturated heterocycles. The molecule has 24 heteroatoms. The zero-order valence-corrected chi connectivity index (χ0v) is 67.2. The summed E-state index contributed by atoms with van der Waals surface area (Å²) in [4.78, 5) is 19.2. The molecule has 0 amide bonds. The number of halogens is 12. The van der Waals surface area contributed by atoms with Crippen molar-refractivity contribution in [1.82, 2.24) is 19.9 Å². The van der Waals surface area contributed by atoms with Gasteiger partial charge in [-0.25, -0.2) is 19.9 Å². The SMILES string of the molecule is CC(C)[C@H]1CC[C@H](C)C[C@@H]1OCc1cccc(C#Cc2ccccc2C#Cc2cccc(CO[C@H]3C[C@@H](C)CC[C@@H]3C(C)C)n2)n1.CC(C)[C@H]1CC[C@H](C)C[C@@H]1OCc1cccc(C#Cc2ccccc2C#Cc2cccc(CO[C@H]3C[C@@H](C)CC[C@@H]3C(C)C)n2)n1.F[P-](F)(F)(F)(F)F.F[P-](F)(F)(F)(F)F.[Cu+].[Cu+]. The van der Waals surface area contributed by atoms with Crippen LogP contribution >= 0.6 is 15.6 Å². The van der Waals surface area contributed by atoms with Crippen LogP contribution in [0.25, 0.3) is 0 Å². The van der Waals surface area contributed by atoms with Crippen LogP contribution < -0.4 is 0 Å². The Balaban J connectivity index is 0.000000323. The van der Waals surface area contributed by atoms with Gasteiger partial charge in [-0.2, -0.15) is 0 Å². The van der Waals surface area contributed by atoms with E-state index < -0.39 is 15.6 Å². The average molecular weight is 1650 g/mol. The number of nitrogens with zero attached hydrogens (tertiary/aromatic N) is 4. The Hall–Kier alpha value is -5.82. The number of pyridine rings is 4. The zero-order chi connectivity index (χ0) is 77.8. The first-order chi connectivity index (χ1) is 49.4. The monoisotopic (exact) mass is 1650 g/mol. The maximum absolute atomic E-state index is 10.7. The van der Waals surface area contributed by atoms with E-state index in [4.69, 9.17) is 38.9 Å². The molecule has 12 atom stereocenters. The molecule has 8 nitrogen and oxygen atoms in total. The second-order valence-corrected chi connectivity index (χ2v) is 34.6. The van der Waals surface area contributed by atoms with Crippen LogP contribution in [0.15, 0.2) is 121 Å². The molecule has 0 bridgehead atoms. The molecule has 0 N–H and O–H groups in total. The second kappa shape index (κ2) is 39.6. The van der Waals surface area contributed by atoms with Crippen LogP contribution in [-0.4, -0.2) is 44.4 Å². The summed E-state index contributed by atoms with van der Waals surface area (Å²) in [6.07, 6.45) is 15.9. The van der Waals surface area contributed by atoms with Crippen molar-refractivity contribution in [3.63, 3.8) is 0 Å². The molecule has 0 spiro atoms. The summed E-state index contributed by atoms with van der Waals surface area (Å²) in [7, 11) is -21.3. The van der Waals surface area contributed by atoms with Crippen molar-refractivity contribution in [3.05, 3.63) is 189 Å². The fourth-order valence-corrected chi connectivity index (χ4v) is 14.4. The van der Waals surface area contributed by atoms with Crippen LogP contribution in [-0.2, 0) is 79.5 Å². The molecule has 0 unspecified atom stereocenters. The van der Waals surface area contributed by atoms with Crippen LogP contribution in [0, 0.1) is 118 Å². The standard InChI is InChI=1S/2C42H52N2O2.2Cu.2F6P/c2*1-29(2)39-23-17-31(5)25-41(39)45-27-37-15-9-13-35(43-37)21-19-33-11-7-8-12-34(33)20-22-36-14-10-16-38(44-36)28-46-42-26-32(6)18-24-40(42)30(3)4;;;2*1-7(2,3,4,5)6/h2*7-16,29-32,39-42H,17-18,23-28H2,1-6H3;;;;/q;;2*+1;2*-1/t2*31-,32-,39+,40+,41-,42-;;;;/m00..../s1. The predicted octanol–water partition coefficient (Wildman–Crippen LogP) is 25.2. The number of hydrogen-bond donors (Lipinski definition) is 0. The molecule has 0 aliphatic heterocycles. The van der Waals surface area contributed by atoms with Gasteiger partial charge in [0, 0.05) is 22.3 Å². The van der Waals surface area contributed by atoms with Crippen molar-refractivity contribution in [1.29, 1.82) is 0 Å². The third-order valence-corrected chi connectivity index (χ3v) is 20.0. The van der Waals surface area contributed by atoms with Gasteiger partial charge in [-0.3, -0.25) is 0 Å². The smallest absolute Gasteiger partial charge is 1.00 e. The summed E-state index contributed by atoms with van der Waals surface area (Å²) in [6.45, 7) is 30.0. The normalized spacial score (nSPS) is 24.0. The van der Waals surface area contributed by atoms with E-state index in [1.165, 1.54) is 51.4 Å². The van der Waals surface area contributed by atoms with Crippen LogP contribution in [0.5, 0.6) is 0 Å². The quantitative estimate of drug-likeness (QED) is 0.0410. The maximum Gasteiger partial charge on any atom is 1.00 e. The number of benzene rings is 2. The van der Waals surface area contributed by atoms with Gasteiger partial charge < -0.3 is 18.9 Å². The fraction of sp³-hybridized carbons (Fsp3) is 0.524. The van der Waals surface area contributed by atoms with E-state index >= 15 is 0 Å². The van der Waals surface area contributed by atoms with Crippen molar-refractivity contribution >= 4 is 15.6 Å². The number of hydrogen-bond acceptors (Lipinski definition) is 8. The molecule has 4 aliphatic carbocycles. The minimum Gasteiger partial charge on any atom is 1.00 e. The summed E-state index contributed by atoms with van der Waals surface area (Å²) in [5.41, 5.74) is 10.2. The largest absolute Gasteiger partial charge is 1.00 e. The van der Waals surface area contributed by atoms with Gasteiger partial charge in [0.05, 0.1) is 73.6 Å². The summed E-state index contributed by atoms with van der Waals surface area (Å²) in [5, 5.41) is 0. The van der Waals surface area contributed by atoms with Crippen molar-refractivity contribution in [3.8, 4) is 47.4 Å². The van der Waals surface area contributed by atoms with E-state index in [1.54, 1.807) is 0 Å². The van der Waals surface area contributed by atoms with Crippen LogP contribution in [0.2, 0.25) is 0 Å².